The highest BCUT2D eigenvalue weighted by molar-refractivity contribution is 14.1. The van der Waals surface area contributed by atoms with Crippen molar-refractivity contribution in [3.63, 3.8) is 0 Å². The largest absolute Gasteiger partial charge is 0.462 e. The average molecular weight is 546 g/mol. The van der Waals surface area contributed by atoms with Gasteiger partial charge in [-0.05, 0) is 59.2 Å². The molecule has 2 aromatic carbocycles. The number of carbonyl (C=O) groups is 2. The molecule has 1 amide bonds. The van der Waals surface area contributed by atoms with E-state index in [1.807, 2.05) is 36.4 Å². The molecule has 0 atom stereocenters. The molecule has 0 radical (unpaired) electrons. The minimum absolute atomic E-state index is 0.213. The second-order valence-electron chi connectivity index (χ2n) is 7.31. The van der Waals surface area contributed by atoms with E-state index in [2.05, 4.69) is 44.9 Å². The summed E-state index contributed by atoms with van der Waals surface area (Å²) in [5, 5.41) is 3.56. The molecule has 3 aromatic rings. The number of carbonyl (C=O) groups excluding carboxylic acids is 2. The second-order valence-corrected chi connectivity index (χ2v) is 9.58. The molecule has 1 aliphatic rings. The first-order valence-electron chi connectivity index (χ1n) is 10.2. The molecule has 160 valence electrons. The Labute approximate surface area is 199 Å². The van der Waals surface area contributed by atoms with Gasteiger partial charge in [-0.25, -0.2) is 4.79 Å². The van der Waals surface area contributed by atoms with Crippen molar-refractivity contribution in [1.82, 2.24) is 4.90 Å². The number of benzene rings is 2. The van der Waals surface area contributed by atoms with Crippen molar-refractivity contribution in [2.75, 3.05) is 18.5 Å². The van der Waals surface area contributed by atoms with Gasteiger partial charge in [-0.1, -0.05) is 42.5 Å². The number of halogens is 1. The van der Waals surface area contributed by atoms with Crippen LogP contribution in [-0.4, -0.2) is 29.9 Å². The summed E-state index contributed by atoms with van der Waals surface area (Å²) in [6.45, 7) is 4.56. The summed E-state index contributed by atoms with van der Waals surface area (Å²) >= 11 is 3.63. The fraction of sp³-hybridized carbons (Fsp3) is 0.250. The molecule has 1 aliphatic heterocycles. The Balaban J connectivity index is 1.61. The van der Waals surface area contributed by atoms with Gasteiger partial charge in [0, 0.05) is 28.1 Å². The van der Waals surface area contributed by atoms with Crippen LogP contribution in [-0.2, 0) is 24.2 Å². The number of rotatable bonds is 6. The van der Waals surface area contributed by atoms with E-state index in [1.54, 1.807) is 13.0 Å². The molecular weight excluding hydrogens is 523 g/mol. The van der Waals surface area contributed by atoms with Crippen LogP contribution < -0.4 is 5.32 Å². The summed E-state index contributed by atoms with van der Waals surface area (Å²) < 4.78 is 6.19. The highest BCUT2D eigenvalue weighted by atomic mass is 127. The van der Waals surface area contributed by atoms with Crippen LogP contribution >= 0.6 is 33.9 Å². The fourth-order valence-corrected chi connectivity index (χ4v) is 5.66. The Morgan fingerprint density at radius 1 is 1.13 bits per heavy atom. The van der Waals surface area contributed by atoms with Gasteiger partial charge in [-0.3, -0.25) is 9.69 Å². The molecule has 0 spiro atoms. The Kier molecular flexibility index (Phi) is 7.04. The van der Waals surface area contributed by atoms with E-state index < -0.39 is 0 Å². The predicted octanol–water partition coefficient (Wildman–Crippen LogP) is 5.34. The van der Waals surface area contributed by atoms with Gasteiger partial charge in [0.25, 0.3) is 5.91 Å². The molecule has 0 aliphatic carbocycles. The maximum Gasteiger partial charge on any atom is 0.341 e. The standard InChI is InChI=1S/C24H23IN2O3S/c1-2-30-24(29)21-18-12-13-27(14-16-8-4-3-5-9-16)15-20(18)31-23(21)26-22(28)17-10-6-7-11-19(17)25/h3-11H,2,12-15H2,1H3,(H,26,28). The predicted molar refractivity (Wildman–Crippen MR) is 132 cm³/mol. The van der Waals surface area contributed by atoms with Crippen LogP contribution in [0.3, 0.4) is 0 Å². The summed E-state index contributed by atoms with van der Waals surface area (Å²) in [5.41, 5.74) is 3.38. The molecular formula is C24H23IN2O3S. The second kappa shape index (κ2) is 9.93. The lowest BCUT2D eigenvalue weighted by Gasteiger charge is -2.27. The lowest BCUT2D eigenvalue weighted by Crippen LogP contribution is -2.29. The SMILES string of the molecule is CCOC(=O)c1c(NC(=O)c2ccccc2I)sc2c1CCN(Cc1ccccc1)C2. The molecule has 31 heavy (non-hydrogen) atoms. The van der Waals surface area contributed by atoms with E-state index in [0.717, 1.165) is 40.1 Å². The maximum absolute atomic E-state index is 12.9. The third kappa shape index (κ3) is 4.99. The first-order chi connectivity index (χ1) is 15.1. The molecule has 0 bridgehead atoms. The highest BCUT2D eigenvalue weighted by Gasteiger charge is 2.30. The van der Waals surface area contributed by atoms with Gasteiger partial charge in [0.05, 0.1) is 17.7 Å². The molecule has 1 aromatic heterocycles. The van der Waals surface area contributed by atoms with E-state index >= 15 is 0 Å². The minimum Gasteiger partial charge on any atom is -0.462 e. The smallest absolute Gasteiger partial charge is 0.341 e. The molecule has 2 heterocycles. The summed E-state index contributed by atoms with van der Waals surface area (Å²) in [4.78, 5) is 29.2. The number of hydrogen-bond acceptors (Lipinski definition) is 5. The monoisotopic (exact) mass is 546 g/mol. The summed E-state index contributed by atoms with van der Waals surface area (Å²) in [6, 6.07) is 17.8. The molecule has 0 saturated heterocycles. The van der Waals surface area contributed by atoms with Crippen LogP contribution in [0.15, 0.2) is 54.6 Å². The lowest BCUT2D eigenvalue weighted by atomic mass is 10.0. The number of nitrogens with zero attached hydrogens (tertiary/aromatic N) is 1. The first-order valence-corrected chi connectivity index (χ1v) is 12.1. The zero-order valence-corrected chi connectivity index (χ0v) is 20.2. The lowest BCUT2D eigenvalue weighted by molar-refractivity contribution is 0.0526. The number of amides is 1. The van der Waals surface area contributed by atoms with Crippen LogP contribution in [0, 0.1) is 3.57 Å². The number of hydrogen-bond donors (Lipinski definition) is 1. The van der Waals surface area contributed by atoms with E-state index in [-0.39, 0.29) is 11.9 Å². The molecule has 0 saturated carbocycles. The maximum atomic E-state index is 12.9. The van der Waals surface area contributed by atoms with E-state index in [1.165, 1.54) is 16.9 Å². The normalized spacial score (nSPS) is 13.5. The molecule has 1 N–H and O–H groups in total. The third-order valence-electron chi connectivity index (χ3n) is 5.21. The van der Waals surface area contributed by atoms with Gasteiger partial charge in [-0.2, -0.15) is 0 Å². The van der Waals surface area contributed by atoms with Crippen LogP contribution in [0.4, 0.5) is 5.00 Å². The summed E-state index contributed by atoms with van der Waals surface area (Å²) in [6.07, 6.45) is 0.756. The van der Waals surface area contributed by atoms with Gasteiger partial charge in [0.1, 0.15) is 5.00 Å². The number of ether oxygens (including phenoxy) is 1. The molecule has 0 unspecified atom stereocenters. The van der Waals surface area contributed by atoms with Gasteiger partial charge in [0.15, 0.2) is 0 Å². The third-order valence-corrected chi connectivity index (χ3v) is 7.28. The van der Waals surface area contributed by atoms with Crippen molar-refractivity contribution in [2.24, 2.45) is 0 Å². The van der Waals surface area contributed by atoms with Crippen LogP contribution in [0.2, 0.25) is 0 Å². The van der Waals surface area contributed by atoms with Crippen LogP contribution in [0.25, 0.3) is 0 Å². The van der Waals surface area contributed by atoms with E-state index in [4.69, 9.17) is 4.74 Å². The summed E-state index contributed by atoms with van der Waals surface area (Å²) in [7, 11) is 0. The van der Waals surface area contributed by atoms with Crippen molar-refractivity contribution < 1.29 is 14.3 Å². The van der Waals surface area contributed by atoms with Crippen LogP contribution in [0.5, 0.6) is 0 Å². The van der Waals surface area contributed by atoms with Crippen molar-refractivity contribution >= 4 is 50.8 Å². The van der Waals surface area contributed by atoms with E-state index in [0.29, 0.717) is 22.7 Å². The van der Waals surface area contributed by atoms with Crippen molar-refractivity contribution in [3.05, 3.63) is 85.3 Å². The summed E-state index contributed by atoms with van der Waals surface area (Å²) in [5.74, 6) is -0.579. The van der Waals surface area contributed by atoms with E-state index in [9.17, 15) is 9.59 Å². The molecule has 4 rings (SSSR count). The Morgan fingerprint density at radius 3 is 2.61 bits per heavy atom. The van der Waals surface area contributed by atoms with Crippen molar-refractivity contribution in [3.8, 4) is 0 Å². The fourth-order valence-electron chi connectivity index (χ4n) is 3.76. The molecule has 7 heteroatoms. The number of fused-ring (bicyclic) bond motifs is 1. The minimum atomic E-state index is -0.366. The van der Waals surface area contributed by atoms with Gasteiger partial charge in [0.2, 0.25) is 0 Å². The number of anilines is 1. The van der Waals surface area contributed by atoms with Gasteiger partial charge >= 0.3 is 5.97 Å². The first kappa shape index (κ1) is 22.0. The quantitative estimate of drug-likeness (QED) is 0.335. The Morgan fingerprint density at radius 2 is 1.87 bits per heavy atom. The zero-order valence-electron chi connectivity index (χ0n) is 17.2. The van der Waals surface area contributed by atoms with Crippen molar-refractivity contribution in [2.45, 2.75) is 26.4 Å². The number of thiophene rings is 1. The number of nitrogens with one attached hydrogen (secondary N) is 1. The zero-order chi connectivity index (χ0) is 21.8. The Bertz CT molecular complexity index is 1100. The molecule has 5 nitrogen and oxygen atoms in total. The van der Waals surface area contributed by atoms with Gasteiger partial charge < -0.3 is 10.1 Å². The highest BCUT2D eigenvalue weighted by Crippen LogP contribution is 2.38. The van der Waals surface area contributed by atoms with Crippen LogP contribution in [0.1, 0.15) is 43.6 Å². The average Bonchev–Trinajstić information content (AvgIpc) is 3.12. The van der Waals surface area contributed by atoms with Gasteiger partial charge in [-0.15, -0.1) is 11.3 Å². The molecule has 0 fully saturated rings. The number of esters is 1. The van der Waals surface area contributed by atoms with Crippen molar-refractivity contribution in [1.29, 1.82) is 0 Å². The Hall–Kier alpha value is -2.23. The topological polar surface area (TPSA) is 58.6 Å².